The van der Waals surface area contributed by atoms with Crippen molar-refractivity contribution >= 4 is 33.6 Å². The number of nitrogens with one attached hydrogen (secondary N) is 1. The predicted molar refractivity (Wildman–Crippen MR) is 107 cm³/mol. The Morgan fingerprint density at radius 2 is 2.07 bits per heavy atom. The van der Waals surface area contributed by atoms with Crippen LogP contribution in [-0.2, 0) is 11.2 Å². The van der Waals surface area contributed by atoms with Gasteiger partial charge in [0.25, 0.3) is 6.26 Å². The molecule has 0 aliphatic carbocycles. The Labute approximate surface area is 164 Å². The number of rotatable bonds is 5. The van der Waals surface area contributed by atoms with Gasteiger partial charge in [0.15, 0.2) is 11.6 Å². The SMILES string of the molecule is COc1ccc(/C(OC#N)=c2\c(N)n[nH]\c2=C\Cc2cccc(Br)c2)cc1. The molecule has 1 heterocycles. The molecule has 3 N–H and O–H groups in total. The number of hydrogen-bond acceptors (Lipinski definition) is 5. The second-order valence-electron chi connectivity index (χ2n) is 5.69. The molecular formula is C20H17BrN4O2. The summed E-state index contributed by atoms with van der Waals surface area (Å²) in [7, 11) is 1.59. The monoisotopic (exact) mass is 424 g/mol. The van der Waals surface area contributed by atoms with Gasteiger partial charge in [0.2, 0.25) is 0 Å². The van der Waals surface area contributed by atoms with Gasteiger partial charge in [-0.1, -0.05) is 34.1 Å². The maximum Gasteiger partial charge on any atom is 0.292 e. The van der Waals surface area contributed by atoms with Crippen LogP contribution < -0.4 is 21.0 Å². The third kappa shape index (κ3) is 4.30. The van der Waals surface area contributed by atoms with E-state index in [1.165, 1.54) is 0 Å². The molecule has 0 spiro atoms. The van der Waals surface area contributed by atoms with Crippen LogP contribution >= 0.6 is 15.9 Å². The summed E-state index contributed by atoms with van der Waals surface area (Å²) in [5.41, 5.74) is 7.87. The molecule has 0 radical (unpaired) electrons. The molecule has 0 atom stereocenters. The van der Waals surface area contributed by atoms with Gasteiger partial charge in [0.05, 0.1) is 17.7 Å². The third-order valence-corrected chi connectivity index (χ3v) is 4.47. The lowest BCUT2D eigenvalue weighted by Crippen LogP contribution is -2.28. The maximum atomic E-state index is 9.11. The fourth-order valence-electron chi connectivity index (χ4n) is 2.68. The number of benzene rings is 2. The summed E-state index contributed by atoms with van der Waals surface area (Å²) in [6, 6.07) is 15.2. The zero-order valence-electron chi connectivity index (χ0n) is 14.6. The average molecular weight is 425 g/mol. The molecule has 1 aromatic heterocycles. The van der Waals surface area contributed by atoms with E-state index in [9.17, 15) is 0 Å². The molecule has 0 saturated carbocycles. The van der Waals surface area contributed by atoms with Crippen LogP contribution in [-0.4, -0.2) is 17.3 Å². The van der Waals surface area contributed by atoms with Crippen molar-refractivity contribution in [3.05, 3.63) is 74.7 Å². The van der Waals surface area contributed by atoms with Crippen molar-refractivity contribution in [2.75, 3.05) is 12.8 Å². The number of ether oxygens (including phenoxy) is 2. The van der Waals surface area contributed by atoms with Crippen LogP contribution in [0.25, 0.3) is 11.8 Å². The molecule has 27 heavy (non-hydrogen) atoms. The summed E-state index contributed by atoms with van der Waals surface area (Å²) < 4.78 is 11.4. The second-order valence-corrected chi connectivity index (χ2v) is 6.60. The van der Waals surface area contributed by atoms with Crippen LogP contribution in [0.5, 0.6) is 5.75 Å². The van der Waals surface area contributed by atoms with Crippen LogP contribution in [0.1, 0.15) is 11.1 Å². The number of nitrogen functional groups attached to an aromatic ring is 1. The topological polar surface area (TPSA) is 96.9 Å². The van der Waals surface area contributed by atoms with Crippen molar-refractivity contribution < 1.29 is 9.47 Å². The van der Waals surface area contributed by atoms with E-state index in [4.69, 9.17) is 20.5 Å². The zero-order valence-corrected chi connectivity index (χ0v) is 16.2. The van der Waals surface area contributed by atoms with Gasteiger partial charge in [-0.15, -0.1) is 5.26 Å². The zero-order chi connectivity index (χ0) is 19.2. The molecule has 7 heteroatoms. The summed E-state index contributed by atoms with van der Waals surface area (Å²) in [4.78, 5) is 0. The van der Waals surface area contributed by atoms with E-state index < -0.39 is 0 Å². The molecule has 0 aliphatic heterocycles. The first kappa shape index (κ1) is 18.5. The standard InChI is InChI=1S/C20H17BrN4O2/c1-26-16-8-6-14(7-9-16)19(27-12-22)18-17(24-25-20(18)23)10-5-13-3-2-4-15(21)11-13/h2-4,6-11,24H,5H2,1H3,(H2,23,25)/b17-10+,19-18+. The number of nitrogens with two attached hydrogens (primary N) is 1. The summed E-state index contributed by atoms with van der Waals surface area (Å²) in [5, 5.41) is 17.4. The maximum absolute atomic E-state index is 9.11. The molecule has 0 unspecified atom stereocenters. The van der Waals surface area contributed by atoms with Gasteiger partial charge in [-0.25, -0.2) is 0 Å². The predicted octanol–water partition coefficient (Wildman–Crippen LogP) is 2.44. The van der Waals surface area contributed by atoms with Crippen LogP contribution in [0.4, 0.5) is 5.82 Å². The fourth-order valence-corrected chi connectivity index (χ4v) is 3.13. The van der Waals surface area contributed by atoms with Crippen LogP contribution in [0.15, 0.2) is 53.0 Å². The molecule has 3 aromatic rings. The molecule has 0 saturated heterocycles. The highest BCUT2D eigenvalue weighted by atomic mass is 79.9. The molecular weight excluding hydrogens is 408 g/mol. The number of nitrogens with zero attached hydrogens (tertiary/aromatic N) is 2. The van der Waals surface area contributed by atoms with Gasteiger partial charge in [0.1, 0.15) is 5.75 Å². The Morgan fingerprint density at radius 1 is 1.30 bits per heavy atom. The highest BCUT2D eigenvalue weighted by Gasteiger charge is 2.11. The molecule has 136 valence electrons. The van der Waals surface area contributed by atoms with Crippen molar-refractivity contribution in [1.29, 1.82) is 5.26 Å². The molecule has 3 rings (SSSR count). The third-order valence-electron chi connectivity index (χ3n) is 3.98. The van der Waals surface area contributed by atoms with Crippen molar-refractivity contribution in [2.24, 2.45) is 0 Å². The lowest BCUT2D eigenvalue weighted by molar-refractivity contribution is 0.414. The van der Waals surface area contributed by atoms with E-state index in [0.29, 0.717) is 34.1 Å². The van der Waals surface area contributed by atoms with Crippen LogP contribution in [0.2, 0.25) is 0 Å². The smallest absolute Gasteiger partial charge is 0.292 e. The lowest BCUT2D eigenvalue weighted by Gasteiger charge is -2.05. The van der Waals surface area contributed by atoms with Gasteiger partial charge in [-0.2, -0.15) is 5.10 Å². The Hall–Kier alpha value is -3.24. The van der Waals surface area contributed by atoms with E-state index in [1.807, 2.05) is 30.3 Å². The van der Waals surface area contributed by atoms with E-state index in [0.717, 1.165) is 10.0 Å². The van der Waals surface area contributed by atoms with Gasteiger partial charge in [-0.05, 0) is 48.4 Å². The van der Waals surface area contributed by atoms with Crippen LogP contribution in [0.3, 0.4) is 0 Å². The Bertz CT molecular complexity index is 1100. The number of halogens is 1. The van der Waals surface area contributed by atoms with Crippen molar-refractivity contribution in [1.82, 2.24) is 10.2 Å². The minimum Gasteiger partial charge on any atom is -0.497 e. The van der Waals surface area contributed by atoms with Crippen molar-refractivity contribution in [3.63, 3.8) is 0 Å². The van der Waals surface area contributed by atoms with Gasteiger partial charge < -0.3 is 15.2 Å². The summed E-state index contributed by atoms with van der Waals surface area (Å²) in [5.74, 6) is 1.31. The highest BCUT2D eigenvalue weighted by Crippen LogP contribution is 2.17. The Balaban J connectivity index is 2.13. The number of hydrogen-bond donors (Lipinski definition) is 2. The van der Waals surface area contributed by atoms with Gasteiger partial charge >= 0.3 is 0 Å². The number of aromatic nitrogens is 2. The van der Waals surface area contributed by atoms with Crippen molar-refractivity contribution in [3.8, 4) is 12.0 Å². The highest BCUT2D eigenvalue weighted by molar-refractivity contribution is 9.10. The first-order chi connectivity index (χ1) is 13.1. The molecule has 0 aliphatic rings. The average Bonchev–Trinajstić information content (AvgIpc) is 3.05. The number of aromatic amines is 1. The van der Waals surface area contributed by atoms with E-state index >= 15 is 0 Å². The van der Waals surface area contributed by atoms with Crippen molar-refractivity contribution in [2.45, 2.75) is 6.42 Å². The quantitative estimate of drug-likeness (QED) is 0.613. The summed E-state index contributed by atoms with van der Waals surface area (Å²) >= 11 is 3.47. The van der Waals surface area contributed by atoms with Gasteiger partial charge in [0, 0.05) is 10.0 Å². The van der Waals surface area contributed by atoms with Crippen LogP contribution in [0, 0.1) is 11.5 Å². The molecule has 0 fully saturated rings. The Kier molecular flexibility index (Phi) is 5.79. The van der Waals surface area contributed by atoms with E-state index in [2.05, 4.69) is 26.1 Å². The molecule has 0 bridgehead atoms. The molecule has 0 amide bonds. The number of nitriles is 1. The lowest BCUT2D eigenvalue weighted by atomic mass is 10.1. The van der Waals surface area contributed by atoms with E-state index in [1.54, 1.807) is 37.6 Å². The first-order valence-electron chi connectivity index (χ1n) is 8.11. The summed E-state index contributed by atoms with van der Waals surface area (Å²) in [6.45, 7) is 0. The second kappa shape index (κ2) is 8.43. The van der Waals surface area contributed by atoms with Gasteiger partial charge in [-0.3, -0.25) is 5.10 Å². The number of anilines is 1. The Morgan fingerprint density at radius 3 is 2.74 bits per heavy atom. The number of H-pyrrole nitrogens is 1. The minimum atomic E-state index is 0.261. The number of methoxy groups -OCH3 is 1. The molecule has 6 nitrogen and oxygen atoms in total. The van der Waals surface area contributed by atoms with E-state index in [-0.39, 0.29) is 5.82 Å². The minimum absolute atomic E-state index is 0.261. The normalized spacial score (nSPS) is 12.4. The fraction of sp³-hybridized carbons (Fsp3) is 0.100. The largest absolute Gasteiger partial charge is 0.497 e. The molecule has 2 aromatic carbocycles. The summed E-state index contributed by atoms with van der Waals surface area (Å²) in [6.07, 6.45) is 4.36. The first-order valence-corrected chi connectivity index (χ1v) is 8.91.